The molecule has 3 atom stereocenters. The van der Waals surface area contributed by atoms with Gasteiger partial charge in [0.1, 0.15) is 0 Å². The number of piperidine rings is 1. The number of nitro benzene ring substituents is 1. The van der Waals surface area contributed by atoms with Crippen LogP contribution in [0.4, 0.5) is 15.8 Å². The van der Waals surface area contributed by atoms with E-state index in [4.69, 9.17) is 0 Å². The predicted octanol–water partition coefficient (Wildman–Crippen LogP) is 2.24. The molecule has 5 nitrogen and oxygen atoms in total. The van der Waals surface area contributed by atoms with E-state index in [-0.39, 0.29) is 0 Å². The summed E-state index contributed by atoms with van der Waals surface area (Å²) in [7, 11) is 0. The van der Waals surface area contributed by atoms with Crippen molar-refractivity contribution >= 4 is 11.4 Å². The molecule has 3 rings (SSSR count). The Hall–Kier alpha value is -1.69. The summed E-state index contributed by atoms with van der Waals surface area (Å²) in [6.45, 7) is 3.31. The molecular weight excluding hydrogens is 249 g/mol. The molecule has 0 amide bonds. The maximum atomic E-state index is 13.3. The van der Waals surface area contributed by atoms with Gasteiger partial charge in [-0.05, 0) is 37.4 Å². The first-order chi connectivity index (χ1) is 9.13. The summed E-state index contributed by atoms with van der Waals surface area (Å²) >= 11 is 0. The number of nitrogens with one attached hydrogen (secondary N) is 1. The van der Waals surface area contributed by atoms with Gasteiger partial charge in [-0.3, -0.25) is 10.1 Å². The monoisotopic (exact) mass is 265 g/mol. The lowest BCUT2D eigenvalue weighted by Gasteiger charge is -2.31. The molecule has 0 spiro atoms. The number of nitrogens with zero attached hydrogens (tertiary/aromatic N) is 2. The van der Waals surface area contributed by atoms with Crippen molar-refractivity contribution in [1.29, 1.82) is 0 Å². The van der Waals surface area contributed by atoms with Crippen LogP contribution < -0.4 is 5.32 Å². The third kappa shape index (κ3) is 2.40. The Morgan fingerprint density at radius 1 is 1.37 bits per heavy atom. The molecule has 102 valence electrons. The number of hydrogen-bond donors (Lipinski definition) is 1. The molecule has 2 aliphatic rings. The van der Waals surface area contributed by atoms with Crippen molar-refractivity contribution in [3.63, 3.8) is 0 Å². The van der Waals surface area contributed by atoms with E-state index in [1.54, 1.807) is 6.07 Å². The summed E-state index contributed by atoms with van der Waals surface area (Å²) < 4.78 is 13.3. The molecule has 1 aromatic carbocycles. The zero-order chi connectivity index (χ0) is 13.4. The average Bonchev–Trinajstić information content (AvgIpc) is 2.77. The van der Waals surface area contributed by atoms with Gasteiger partial charge in [0, 0.05) is 30.9 Å². The fourth-order valence-corrected chi connectivity index (χ4v) is 3.10. The molecule has 19 heavy (non-hydrogen) atoms. The largest absolute Gasteiger partial charge is 0.382 e. The minimum Gasteiger partial charge on any atom is -0.382 e. The van der Waals surface area contributed by atoms with Crippen LogP contribution >= 0.6 is 0 Å². The average molecular weight is 265 g/mol. The molecule has 2 aliphatic heterocycles. The van der Waals surface area contributed by atoms with Crippen LogP contribution in [0.5, 0.6) is 0 Å². The van der Waals surface area contributed by atoms with E-state index in [0.29, 0.717) is 17.6 Å². The minimum atomic E-state index is -0.786. The number of benzene rings is 1. The van der Waals surface area contributed by atoms with Crippen molar-refractivity contribution in [2.75, 3.05) is 25.0 Å². The normalized spacial score (nSPS) is 29.2. The highest BCUT2D eigenvalue weighted by molar-refractivity contribution is 5.52. The van der Waals surface area contributed by atoms with Gasteiger partial charge in [-0.2, -0.15) is 4.39 Å². The Morgan fingerprint density at radius 3 is 2.95 bits per heavy atom. The third-order valence-corrected chi connectivity index (χ3v) is 4.13. The van der Waals surface area contributed by atoms with Gasteiger partial charge in [-0.25, -0.2) is 0 Å². The molecule has 0 aromatic heterocycles. The number of anilines is 1. The van der Waals surface area contributed by atoms with Gasteiger partial charge in [0.25, 0.3) is 0 Å². The van der Waals surface area contributed by atoms with E-state index in [1.165, 1.54) is 12.5 Å². The topological polar surface area (TPSA) is 58.4 Å². The van der Waals surface area contributed by atoms with E-state index in [9.17, 15) is 14.5 Å². The lowest BCUT2D eigenvalue weighted by atomic mass is 9.94. The summed E-state index contributed by atoms with van der Waals surface area (Å²) in [5.74, 6) is -0.191. The molecule has 2 fully saturated rings. The number of rotatable bonds is 3. The number of hydrogen-bond acceptors (Lipinski definition) is 4. The van der Waals surface area contributed by atoms with Crippen LogP contribution in [0.1, 0.15) is 12.8 Å². The highest BCUT2D eigenvalue weighted by atomic mass is 19.1. The van der Waals surface area contributed by atoms with Gasteiger partial charge in [0.05, 0.1) is 4.92 Å². The summed E-state index contributed by atoms with van der Waals surface area (Å²) in [5.41, 5.74) is 0.173. The van der Waals surface area contributed by atoms with Gasteiger partial charge >= 0.3 is 5.69 Å². The van der Waals surface area contributed by atoms with Gasteiger partial charge in [0.2, 0.25) is 5.82 Å². The highest BCUT2D eigenvalue weighted by Gasteiger charge is 2.34. The van der Waals surface area contributed by atoms with Gasteiger partial charge in [-0.15, -0.1) is 0 Å². The van der Waals surface area contributed by atoms with Crippen LogP contribution in [0, 0.1) is 21.8 Å². The molecule has 0 radical (unpaired) electrons. The van der Waals surface area contributed by atoms with Crippen molar-refractivity contribution in [3.8, 4) is 0 Å². The molecular formula is C13H16FN3O2. The number of nitro groups is 1. The first-order valence-corrected chi connectivity index (χ1v) is 6.56. The summed E-state index contributed by atoms with van der Waals surface area (Å²) in [6.07, 6.45) is 2.21. The Labute approximate surface area is 110 Å². The van der Waals surface area contributed by atoms with Crippen LogP contribution in [0.15, 0.2) is 18.2 Å². The smallest absolute Gasteiger partial charge is 0.306 e. The Bertz CT molecular complexity index is 509. The zero-order valence-electron chi connectivity index (χ0n) is 10.5. The van der Waals surface area contributed by atoms with E-state index in [1.807, 2.05) is 0 Å². The van der Waals surface area contributed by atoms with Crippen molar-refractivity contribution in [1.82, 2.24) is 4.90 Å². The second kappa shape index (κ2) is 4.77. The summed E-state index contributed by atoms with van der Waals surface area (Å²) in [6, 6.07) is 4.36. The molecule has 0 aliphatic carbocycles. The molecule has 1 aromatic rings. The predicted molar refractivity (Wildman–Crippen MR) is 69.6 cm³/mol. The summed E-state index contributed by atoms with van der Waals surface area (Å²) in [5, 5.41) is 14.1. The van der Waals surface area contributed by atoms with Crippen molar-refractivity contribution in [3.05, 3.63) is 34.1 Å². The van der Waals surface area contributed by atoms with E-state index < -0.39 is 16.4 Å². The Balaban J connectivity index is 1.76. The standard InChI is InChI=1S/C13H16FN3O2/c14-11-2-1-10(7-13(11)17(18)19)15-12-4-6-16-5-3-9(12)8-16/h1-2,7,9,12,15H,3-6,8H2. The van der Waals surface area contributed by atoms with Crippen LogP contribution in [-0.2, 0) is 0 Å². The maximum absolute atomic E-state index is 13.3. The minimum absolute atomic E-state index is 0.337. The van der Waals surface area contributed by atoms with Crippen molar-refractivity contribution < 1.29 is 9.31 Å². The first-order valence-electron chi connectivity index (χ1n) is 6.56. The molecule has 1 N–H and O–H groups in total. The third-order valence-electron chi connectivity index (χ3n) is 4.13. The molecule has 0 saturated carbocycles. The second-order valence-corrected chi connectivity index (χ2v) is 5.31. The Morgan fingerprint density at radius 2 is 2.16 bits per heavy atom. The van der Waals surface area contributed by atoms with Crippen LogP contribution in [0.3, 0.4) is 0 Å². The summed E-state index contributed by atoms with van der Waals surface area (Å²) in [4.78, 5) is 12.5. The second-order valence-electron chi connectivity index (χ2n) is 5.31. The van der Waals surface area contributed by atoms with Crippen LogP contribution in [0.2, 0.25) is 0 Å². The van der Waals surface area contributed by atoms with E-state index in [0.717, 1.165) is 32.1 Å². The fraction of sp³-hybridized carbons (Fsp3) is 0.538. The fourth-order valence-electron chi connectivity index (χ4n) is 3.10. The van der Waals surface area contributed by atoms with Crippen LogP contribution in [0.25, 0.3) is 0 Å². The molecule has 2 saturated heterocycles. The number of halogens is 1. The van der Waals surface area contributed by atoms with Gasteiger partial charge in [0.15, 0.2) is 0 Å². The lowest BCUT2D eigenvalue weighted by molar-refractivity contribution is -0.387. The lowest BCUT2D eigenvalue weighted by Crippen LogP contribution is -2.39. The number of fused-ring (bicyclic) bond motifs is 2. The highest BCUT2D eigenvalue weighted by Crippen LogP contribution is 2.30. The van der Waals surface area contributed by atoms with E-state index >= 15 is 0 Å². The molecule has 6 heteroatoms. The van der Waals surface area contributed by atoms with Crippen molar-refractivity contribution in [2.24, 2.45) is 5.92 Å². The SMILES string of the molecule is O=[N+]([O-])c1cc(NC2CCN3CCC2C3)ccc1F. The molecule has 3 unspecified atom stereocenters. The molecule has 2 heterocycles. The zero-order valence-corrected chi connectivity index (χ0v) is 10.5. The van der Waals surface area contributed by atoms with Gasteiger partial charge < -0.3 is 10.2 Å². The molecule has 2 bridgehead atoms. The quantitative estimate of drug-likeness (QED) is 0.672. The first kappa shape index (κ1) is 12.3. The van der Waals surface area contributed by atoms with Crippen LogP contribution in [-0.4, -0.2) is 35.5 Å². The maximum Gasteiger partial charge on any atom is 0.306 e. The van der Waals surface area contributed by atoms with Crippen molar-refractivity contribution in [2.45, 2.75) is 18.9 Å². The Kier molecular flexibility index (Phi) is 3.10. The van der Waals surface area contributed by atoms with Gasteiger partial charge in [-0.1, -0.05) is 0 Å². The van der Waals surface area contributed by atoms with E-state index in [2.05, 4.69) is 10.2 Å².